The van der Waals surface area contributed by atoms with Crippen LogP contribution in [0.4, 0.5) is 14.9 Å². The monoisotopic (exact) mass is 295 g/mol. The maximum absolute atomic E-state index is 14.3. The predicted octanol–water partition coefficient (Wildman–Crippen LogP) is 2.04. The highest BCUT2D eigenvalue weighted by molar-refractivity contribution is 5.68. The maximum atomic E-state index is 14.3. The molecule has 1 heterocycles. The molecule has 0 bridgehead atoms. The summed E-state index contributed by atoms with van der Waals surface area (Å²) in [6.07, 6.45) is 0.329. The Morgan fingerprint density at radius 3 is 2.95 bits per heavy atom. The lowest BCUT2D eigenvalue weighted by atomic mass is 10.0. The highest BCUT2D eigenvalue weighted by atomic mass is 19.1. The summed E-state index contributed by atoms with van der Waals surface area (Å²) < 4.78 is 18.9. The lowest BCUT2D eigenvalue weighted by Gasteiger charge is -2.25. The van der Waals surface area contributed by atoms with E-state index in [-0.39, 0.29) is 17.9 Å². The Morgan fingerprint density at radius 2 is 2.29 bits per heavy atom. The first-order valence-electron chi connectivity index (χ1n) is 7.12. The van der Waals surface area contributed by atoms with Gasteiger partial charge < -0.3 is 20.3 Å². The van der Waals surface area contributed by atoms with Gasteiger partial charge in [-0.2, -0.15) is 0 Å². The van der Waals surface area contributed by atoms with Crippen LogP contribution in [0.25, 0.3) is 0 Å². The molecule has 0 radical (unpaired) electrons. The van der Waals surface area contributed by atoms with Crippen LogP contribution in [0.2, 0.25) is 0 Å². The fourth-order valence-corrected chi connectivity index (χ4v) is 2.68. The van der Waals surface area contributed by atoms with Gasteiger partial charge in [-0.1, -0.05) is 12.1 Å². The van der Waals surface area contributed by atoms with E-state index < -0.39 is 6.09 Å². The van der Waals surface area contributed by atoms with Crippen LogP contribution in [0.3, 0.4) is 0 Å². The SMILES string of the molecule is CNC(C)c1cccc(F)c1N1CCC(NC(=O)OC)C1. The molecule has 0 spiro atoms. The number of rotatable bonds is 4. The van der Waals surface area contributed by atoms with Gasteiger partial charge in [0.05, 0.1) is 18.8 Å². The highest BCUT2D eigenvalue weighted by Crippen LogP contribution is 2.31. The number of nitrogens with zero attached hydrogens (tertiary/aromatic N) is 1. The summed E-state index contributed by atoms with van der Waals surface area (Å²) in [5, 5.41) is 5.91. The van der Waals surface area contributed by atoms with Crippen molar-refractivity contribution in [1.29, 1.82) is 0 Å². The molecular formula is C15H22FN3O2. The first-order valence-corrected chi connectivity index (χ1v) is 7.12. The third-order valence-electron chi connectivity index (χ3n) is 3.93. The quantitative estimate of drug-likeness (QED) is 0.892. The number of alkyl carbamates (subject to hydrolysis) is 1. The molecule has 1 aliphatic heterocycles. The van der Waals surface area contributed by atoms with Gasteiger partial charge in [0, 0.05) is 19.1 Å². The Kier molecular flexibility index (Phi) is 5.01. The van der Waals surface area contributed by atoms with Crippen molar-refractivity contribution in [2.45, 2.75) is 25.4 Å². The number of benzene rings is 1. The number of anilines is 1. The van der Waals surface area contributed by atoms with Crippen molar-refractivity contribution in [1.82, 2.24) is 10.6 Å². The lowest BCUT2D eigenvalue weighted by Crippen LogP contribution is -2.37. The van der Waals surface area contributed by atoms with Gasteiger partial charge in [0.25, 0.3) is 0 Å². The third-order valence-corrected chi connectivity index (χ3v) is 3.93. The first-order chi connectivity index (χ1) is 10.1. The second kappa shape index (κ2) is 6.76. The van der Waals surface area contributed by atoms with Crippen molar-refractivity contribution in [3.05, 3.63) is 29.6 Å². The molecule has 1 amide bonds. The van der Waals surface area contributed by atoms with Crippen LogP contribution >= 0.6 is 0 Å². The number of halogens is 1. The average Bonchev–Trinajstić information content (AvgIpc) is 2.93. The van der Waals surface area contributed by atoms with E-state index in [1.807, 2.05) is 24.9 Å². The molecule has 2 N–H and O–H groups in total. The van der Waals surface area contributed by atoms with E-state index in [0.717, 1.165) is 12.0 Å². The van der Waals surface area contributed by atoms with Crippen LogP contribution in [-0.4, -0.2) is 39.4 Å². The largest absolute Gasteiger partial charge is 0.453 e. The Morgan fingerprint density at radius 1 is 1.52 bits per heavy atom. The van der Waals surface area contributed by atoms with Crippen LogP contribution in [-0.2, 0) is 4.74 Å². The molecule has 0 aromatic heterocycles. The molecule has 21 heavy (non-hydrogen) atoms. The molecule has 0 aliphatic carbocycles. The molecule has 116 valence electrons. The first kappa shape index (κ1) is 15.6. The lowest BCUT2D eigenvalue weighted by molar-refractivity contribution is 0.167. The molecule has 1 saturated heterocycles. The van der Waals surface area contributed by atoms with Crippen molar-refractivity contribution in [2.75, 3.05) is 32.1 Å². The summed E-state index contributed by atoms with van der Waals surface area (Å²) in [4.78, 5) is 13.2. The molecule has 1 aromatic carbocycles. The number of methoxy groups -OCH3 is 1. The molecule has 0 saturated carbocycles. The molecule has 1 aliphatic rings. The Bertz CT molecular complexity index is 510. The van der Waals surface area contributed by atoms with Crippen molar-refractivity contribution in [2.24, 2.45) is 0 Å². The number of carbonyl (C=O) groups is 1. The summed E-state index contributed by atoms with van der Waals surface area (Å²) in [6, 6.07) is 5.17. The van der Waals surface area contributed by atoms with E-state index in [0.29, 0.717) is 18.8 Å². The van der Waals surface area contributed by atoms with Crippen LogP contribution in [0.5, 0.6) is 0 Å². The van der Waals surface area contributed by atoms with Crippen molar-refractivity contribution >= 4 is 11.8 Å². The van der Waals surface area contributed by atoms with Crippen molar-refractivity contribution in [3.8, 4) is 0 Å². The van der Waals surface area contributed by atoms with E-state index in [1.165, 1.54) is 13.2 Å². The van der Waals surface area contributed by atoms with E-state index in [9.17, 15) is 9.18 Å². The van der Waals surface area contributed by atoms with Crippen LogP contribution < -0.4 is 15.5 Å². The van der Waals surface area contributed by atoms with Gasteiger partial charge in [0.2, 0.25) is 0 Å². The number of nitrogens with one attached hydrogen (secondary N) is 2. The van der Waals surface area contributed by atoms with Crippen LogP contribution in [0.1, 0.15) is 24.9 Å². The second-order valence-corrected chi connectivity index (χ2v) is 5.26. The smallest absolute Gasteiger partial charge is 0.407 e. The normalized spacial score (nSPS) is 19.4. The molecular weight excluding hydrogens is 273 g/mol. The Hall–Kier alpha value is -1.82. The standard InChI is InChI=1S/C15H22FN3O2/c1-10(17-2)12-5-4-6-13(16)14(12)19-8-7-11(9-19)18-15(20)21-3/h4-6,10-11,17H,7-9H2,1-3H3,(H,18,20). The topological polar surface area (TPSA) is 53.6 Å². The summed E-state index contributed by atoms with van der Waals surface area (Å²) in [5.41, 5.74) is 1.55. The minimum atomic E-state index is -0.445. The third kappa shape index (κ3) is 3.44. The number of para-hydroxylation sites is 1. The van der Waals surface area contributed by atoms with Crippen LogP contribution in [0, 0.1) is 5.82 Å². The fourth-order valence-electron chi connectivity index (χ4n) is 2.68. The molecule has 6 heteroatoms. The van der Waals surface area contributed by atoms with E-state index >= 15 is 0 Å². The summed E-state index contributed by atoms with van der Waals surface area (Å²) >= 11 is 0. The van der Waals surface area contributed by atoms with Crippen molar-refractivity contribution in [3.63, 3.8) is 0 Å². The van der Waals surface area contributed by atoms with Gasteiger partial charge in [0.15, 0.2) is 0 Å². The molecule has 5 nitrogen and oxygen atoms in total. The van der Waals surface area contributed by atoms with E-state index in [1.54, 1.807) is 6.07 Å². The minimum Gasteiger partial charge on any atom is -0.453 e. The van der Waals surface area contributed by atoms with Gasteiger partial charge >= 0.3 is 6.09 Å². The summed E-state index contributed by atoms with van der Waals surface area (Å²) in [6.45, 7) is 3.29. The molecule has 1 aromatic rings. The number of amides is 1. The number of hydrogen-bond acceptors (Lipinski definition) is 4. The molecule has 2 unspecified atom stereocenters. The minimum absolute atomic E-state index is 0.0187. The predicted molar refractivity (Wildman–Crippen MR) is 80.0 cm³/mol. The maximum Gasteiger partial charge on any atom is 0.407 e. The Balaban J connectivity index is 2.17. The van der Waals surface area contributed by atoms with E-state index in [4.69, 9.17) is 0 Å². The second-order valence-electron chi connectivity index (χ2n) is 5.26. The van der Waals surface area contributed by atoms with Crippen molar-refractivity contribution < 1.29 is 13.9 Å². The number of ether oxygens (including phenoxy) is 1. The zero-order valence-electron chi connectivity index (χ0n) is 12.6. The number of hydrogen-bond donors (Lipinski definition) is 2. The van der Waals surface area contributed by atoms with Gasteiger partial charge in [-0.25, -0.2) is 9.18 Å². The van der Waals surface area contributed by atoms with Gasteiger partial charge in [-0.05, 0) is 32.0 Å². The zero-order chi connectivity index (χ0) is 15.4. The number of carbonyl (C=O) groups excluding carboxylic acids is 1. The summed E-state index contributed by atoms with van der Waals surface area (Å²) in [7, 11) is 3.19. The van der Waals surface area contributed by atoms with Crippen LogP contribution in [0.15, 0.2) is 18.2 Å². The molecule has 2 rings (SSSR count). The summed E-state index contributed by atoms with van der Waals surface area (Å²) in [5.74, 6) is -0.228. The van der Waals surface area contributed by atoms with Gasteiger partial charge in [-0.15, -0.1) is 0 Å². The van der Waals surface area contributed by atoms with Gasteiger partial charge in [-0.3, -0.25) is 0 Å². The molecule has 1 fully saturated rings. The molecule has 2 atom stereocenters. The highest BCUT2D eigenvalue weighted by Gasteiger charge is 2.28. The zero-order valence-corrected chi connectivity index (χ0v) is 12.6. The average molecular weight is 295 g/mol. The fraction of sp³-hybridized carbons (Fsp3) is 0.533. The Labute approximate surface area is 124 Å². The van der Waals surface area contributed by atoms with E-state index in [2.05, 4.69) is 15.4 Å². The van der Waals surface area contributed by atoms with Gasteiger partial charge in [0.1, 0.15) is 5.82 Å².